The Balaban J connectivity index is 2.25. The molecule has 2 rings (SSSR count). The molecule has 0 fully saturated rings. The number of para-hydroxylation sites is 1. The van der Waals surface area contributed by atoms with Crippen molar-refractivity contribution in [2.75, 3.05) is 0 Å². The number of H-pyrrole nitrogens is 1. The van der Waals surface area contributed by atoms with Crippen LogP contribution in [0.2, 0.25) is 0 Å². The summed E-state index contributed by atoms with van der Waals surface area (Å²) in [5.74, 6) is -1.33. The number of rotatable bonds is 6. The maximum absolute atomic E-state index is 12.4. The average Bonchev–Trinajstić information content (AvgIpc) is 2.78. The zero-order valence-electron chi connectivity index (χ0n) is 12.3. The maximum Gasteiger partial charge on any atom is 0.326 e. The second kappa shape index (κ2) is 6.43. The van der Waals surface area contributed by atoms with Gasteiger partial charge in [0.25, 0.3) is 5.91 Å². The molecule has 0 aliphatic carbocycles. The van der Waals surface area contributed by atoms with E-state index in [4.69, 9.17) is 0 Å². The molecular formula is C16H20N2O3. The van der Waals surface area contributed by atoms with Crippen molar-refractivity contribution in [2.24, 2.45) is 0 Å². The molecule has 0 unspecified atom stereocenters. The van der Waals surface area contributed by atoms with E-state index in [2.05, 4.69) is 10.3 Å². The highest BCUT2D eigenvalue weighted by Crippen LogP contribution is 2.21. The molecule has 0 radical (unpaired) electrons. The molecule has 2 aromatic rings. The highest BCUT2D eigenvalue weighted by atomic mass is 16.4. The smallest absolute Gasteiger partial charge is 0.326 e. The molecule has 1 amide bonds. The van der Waals surface area contributed by atoms with E-state index in [1.807, 2.05) is 38.1 Å². The zero-order chi connectivity index (χ0) is 15.4. The lowest BCUT2D eigenvalue weighted by Gasteiger charge is -2.14. The Kier molecular flexibility index (Phi) is 4.62. The van der Waals surface area contributed by atoms with Gasteiger partial charge in [-0.05, 0) is 19.4 Å². The van der Waals surface area contributed by atoms with Gasteiger partial charge < -0.3 is 15.4 Å². The van der Waals surface area contributed by atoms with E-state index in [9.17, 15) is 14.7 Å². The molecule has 0 bridgehead atoms. The number of fused-ring (bicyclic) bond motifs is 1. The second-order valence-corrected chi connectivity index (χ2v) is 5.18. The first-order valence-electron chi connectivity index (χ1n) is 7.15. The number of carboxylic acids is 1. The van der Waals surface area contributed by atoms with Crippen molar-refractivity contribution in [2.45, 2.75) is 39.2 Å². The van der Waals surface area contributed by atoms with Gasteiger partial charge in [-0.3, -0.25) is 4.79 Å². The number of nitrogens with one attached hydrogen (secondary N) is 2. The van der Waals surface area contributed by atoms with Crippen molar-refractivity contribution in [1.82, 2.24) is 10.3 Å². The van der Waals surface area contributed by atoms with Crippen LogP contribution in [0.3, 0.4) is 0 Å². The fourth-order valence-electron chi connectivity index (χ4n) is 2.47. The summed E-state index contributed by atoms with van der Waals surface area (Å²) in [6.07, 6.45) is 2.11. The maximum atomic E-state index is 12.4. The molecule has 1 aromatic carbocycles. The van der Waals surface area contributed by atoms with Crippen LogP contribution in [0, 0.1) is 6.92 Å². The first kappa shape index (κ1) is 15.1. The molecule has 5 nitrogen and oxygen atoms in total. The lowest BCUT2D eigenvalue weighted by Crippen LogP contribution is -2.40. The van der Waals surface area contributed by atoms with Crippen LogP contribution in [0.25, 0.3) is 10.9 Å². The first-order chi connectivity index (χ1) is 10.0. The number of hydrogen-bond donors (Lipinski definition) is 3. The number of carboxylic acid groups (broad SMARTS) is 1. The van der Waals surface area contributed by atoms with Crippen LogP contribution in [-0.4, -0.2) is 28.0 Å². The summed E-state index contributed by atoms with van der Waals surface area (Å²) < 4.78 is 0. The Morgan fingerprint density at radius 3 is 2.71 bits per heavy atom. The summed E-state index contributed by atoms with van der Waals surface area (Å²) in [6, 6.07) is 6.66. The SMILES string of the molecule is CCCC[C@H](NC(=O)c1c(C)[nH]c2ccccc12)C(=O)O. The molecule has 0 aliphatic heterocycles. The van der Waals surface area contributed by atoms with Gasteiger partial charge >= 0.3 is 5.97 Å². The van der Waals surface area contributed by atoms with Gasteiger partial charge in [0.15, 0.2) is 0 Å². The number of carbonyl (C=O) groups excluding carboxylic acids is 1. The minimum absolute atomic E-state index is 0.339. The van der Waals surface area contributed by atoms with Crippen molar-refractivity contribution in [3.63, 3.8) is 0 Å². The van der Waals surface area contributed by atoms with Crippen LogP contribution in [0.4, 0.5) is 0 Å². The first-order valence-corrected chi connectivity index (χ1v) is 7.15. The van der Waals surface area contributed by atoms with Gasteiger partial charge in [0.2, 0.25) is 0 Å². The number of hydrogen-bond acceptors (Lipinski definition) is 2. The molecule has 21 heavy (non-hydrogen) atoms. The fourth-order valence-corrected chi connectivity index (χ4v) is 2.47. The Hall–Kier alpha value is -2.30. The van der Waals surface area contributed by atoms with Gasteiger partial charge in [-0.1, -0.05) is 38.0 Å². The second-order valence-electron chi connectivity index (χ2n) is 5.18. The third-order valence-electron chi connectivity index (χ3n) is 3.57. The van der Waals surface area contributed by atoms with Crippen LogP contribution < -0.4 is 5.32 Å². The molecule has 1 aromatic heterocycles. The summed E-state index contributed by atoms with van der Waals surface area (Å²) in [7, 11) is 0. The molecule has 5 heteroatoms. The predicted octanol–water partition coefficient (Wildman–Crippen LogP) is 2.85. The number of aliphatic carboxylic acids is 1. The van der Waals surface area contributed by atoms with E-state index in [0.717, 1.165) is 29.4 Å². The van der Waals surface area contributed by atoms with Gasteiger partial charge in [0, 0.05) is 16.6 Å². The molecule has 1 heterocycles. The predicted molar refractivity (Wildman–Crippen MR) is 81.5 cm³/mol. The quantitative estimate of drug-likeness (QED) is 0.764. The van der Waals surface area contributed by atoms with Crippen LogP contribution in [0.5, 0.6) is 0 Å². The molecule has 0 saturated heterocycles. The van der Waals surface area contributed by atoms with Crippen molar-refractivity contribution in [3.05, 3.63) is 35.5 Å². The topological polar surface area (TPSA) is 82.2 Å². The van der Waals surface area contributed by atoms with Crippen molar-refractivity contribution in [3.8, 4) is 0 Å². The summed E-state index contributed by atoms with van der Waals surface area (Å²) in [5, 5.41) is 12.6. The van der Waals surface area contributed by atoms with E-state index in [1.165, 1.54) is 0 Å². The van der Waals surface area contributed by atoms with Crippen molar-refractivity contribution in [1.29, 1.82) is 0 Å². The third kappa shape index (κ3) is 3.24. The number of benzene rings is 1. The van der Waals surface area contributed by atoms with Crippen LogP contribution >= 0.6 is 0 Å². The minimum atomic E-state index is -0.991. The van der Waals surface area contributed by atoms with E-state index >= 15 is 0 Å². The Labute approximate surface area is 123 Å². The average molecular weight is 288 g/mol. The molecule has 112 valence electrons. The van der Waals surface area contributed by atoms with E-state index in [-0.39, 0.29) is 5.91 Å². The Bertz CT molecular complexity index is 661. The third-order valence-corrected chi connectivity index (χ3v) is 3.57. The van der Waals surface area contributed by atoms with Gasteiger partial charge in [-0.2, -0.15) is 0 Å². The molecule has 0 spiro atoms. The van der Waals surface area contributed by atoms with Gasteiger partial charge in [0.1, 0.15) is 6.04 Å². The standard InChI is InChI=1S/C16H20N2O3/c1-3-4-8-13(16(20)21)18-15(19)14-10(2)17-12-9-6-5-7-11(12)14/h5-7,9,13,17H,3-4,8H2,1-2H3,(H,18,19)(H,20,21)/t13-/m0/s1. The van der Waals surface area contributed by atoms with Gasteiger partial charge in [0.05, 0.1) is 5.56 Å². The number of unbranched alkanes of at least 4 members (excludes halogenated alkanes) is 1. The highest BCUT2D eigenvalue weighted by molar-refractivity contribution is 6.08. The summed E-state index contributed by atoms with van der Waals surface area (Å²) >= 11 is 0. The lowest BCUT2D eigenvalue weighted by molar-refractivity contribution is -0.139. The molecule has 0 aliphatic rings. The fraction of sp³-hybridized carbons (Fsp3) is 0.375. The van der Waals surface area contributed by atoms with Crippen LogP contribution in [0.15, 0.2) is 24.3 Å². The zero-order valence-corrected chi connectivity index (χ0v) is 12.3. The van der Waals surface area contributed by atoms with Gasteiger partial charge in [-0.15, -0.1) is 0 Å². The van der Waals surface area contributed by atoms with Crippen LogP contribution in [0.1, 0.15) is 42.2 Å². The van der Waals surface area contributed by atoms with E-state index in [0.29, 0.717) is 12.0 Å². The molecule has 3 N–H and O–H groups in total. The molecular weight excluding hydrogens is 268 g/mol. The number of aryl methyl sites for hydroxylation is 1. The minimum Gasteiger partial charge on any atom is -0.480 e. The van der Waals surface area contributed by atoms with Crippen LogP contribution in [-0.2, 0) is 4.79 Å². The highest BCUT2D eigenvalue weighted by Gasteiger charge is 2.23. The lowest BCUT2D eigenvalue weighted by atomic mass is 10.1. The number of amides is 1. The molecule has 1 atom stereocenters. The van der Waals surface area contributed by atoms with E-state index < -0.39 is 12.0 Å². The Morgan fingerprint density at radius 1 is 1.33 bits per heavy atom. The van der Waals surface area contributed by atoms with Crippen molar-refractivity contribution >= 4 is 22.8 Å². The summed E-state index contributed by atoms with van der Waals surface area (Å²) in [4.78, 5) is 26.8. The van der Waals surface area contributed by atoms with E-state index in [1.54, 1.807) is 0 Å². The largest absolute Gasteiger partial charge is 0.480 e. The van der Waals surface area contributed by atoms with Gasteiger partial charge in [-0.25, -0.2) is 4.79 Å². The molecule has 0 saturated carbocycles. The summed E-state index contributed by atoms with van der Waals surface area (Å²) in [5.41, 5.74) is 2.14. The number of aromatic nitrogens is 1. The Morgan fingerprint density at radius 2 is 2.05 bits per heavy atom. The van der Waals surface area contributed by atoms with Crippen molar-refractivity contribution < 1.29 is 14.7 Å². The normalized spacial score (nSPS) is 12.3. The number of aromatic amines is 1. The number of carbonyl (C=O) groups is 2. The summed E-state index contributed by atoms with van der Waals surface area (Å²) in [6.45, 7) is 3.81. The monoisotopic (exact) mass is 288 g/mol.